The van der Waals surface area contributed by atoms with Gasteiger partial charge in [0.1, 0.15) is 4.91 Å². The van der Waals surface area contributed by atoms with Crippen LogP contribution in [0.2, 0.25) is 0 Å². The highest BCUT2D eigenvalue weighted by Crippen LogP contribution is 2.41. The van der Waals surface area contributed by atoms with Gasteiger partial charge in [0.15, 0.2) is 4.32 Å². The average molecular weight is 379 g/mol. The lowest BCUT2D eigenvalue weighted by Crippen LogP contribution is -2.30. The fraction of sp³-hybridized carbons (Fsp3) is 0.143. The zero-order chi connectivity index (χ0) is 18.3. The summed E-state index contributed by atoms with van der Waals surface area (Å²) in [7, 11) is 0. The Balaban J connectivity index is 1.79. The number of thiocarbonyl (C=S) groups is 1. The number of likely N-dealkylation sites (N-methyl/N-ethyl adjacent to an activating group) is 1. The van der Waals surface area contributed by atoms with Crippen LogP contribution in [-0.4, -0.2) is 16.8 Å². The van der Waals surface area contributed by atoms with Gasteiger partial charge in [-0.15, -0.1) is 0 Å². The van der Waals surface area contributed by atoms with E-state index < -0.39 is 0 Å². The van der Waals surface area contributed by atoms with Gasteiger partial charge in [0.05, 0.1) is 11.4 Å². The number of hydrogen-bond acceptors (Lipinski definition) is 4. The Bertz CT molecular complexity index is 963. The molecule has 4 rings (SSSR count). The largest absolute Gasteiger partial charge is 0.340 e. The minimum absolute atomic E-state index is 0.0557. The highest BCUT2D eigenvalue weighted by Gasteiger charge is 2.37. The fourth-order valence-corrected chi connectivity index (χ4v) is 4.66. The van der Waals surface area contributed by atoms with Gasteiger partial charge < -0.3 is 4.90 Å². The van der Waals surface area contributed by atoms with Crippen LogP contribution in [-0.2, 0) is 4.79 Å². The topological polar surface area (TPSA) is 23.6 Å². The molecule has 0 saturated carbocycles. The molecule has 0 spiro atoms. The van der Waals surface area contributed by atoms with E-state index in [2.05, 4.69) is 43.0 Å². The second kappa shape index (κ2) is 6.74. The normalized spacial score (nSPS) is 19.3. The molecule has 1 fully saturated rings. The average Bonchev–Trinajstić information content (AvgIpc) is 2.95. The zero-order valence-electron chi connectivity index (χ0n) is 14.6. The Morgan fingerprint density at radius 1 is 1.08 bits per heavy atom. The van der Waals surface area contributed by atoms with Gasteiger partial charge in [0.2, 0.25) is 0 Å². The van der Waals surface area contributed by atoms with Crippen LogP contribution in [0.1, 0.15) is 18.1 Å². The first-order valence-electron chi connectivity index (χ1n) is 8.52. The fourth-order valence-electron chi connectivity index (χ4n) is 3.30. The van der Waals surface area contributed by atoms with Gasteiger partial charge in [0.25, 0.3) is 5.91 Å². The van der Waals surface area contributed by atoms with E-state index in [1.54, 1.807) is 4.90 Å². The molecule has 2 aromatic carbocycles. The van der Waals surface area contributed by atoms with Gasteiger partial charge in [-0.1, -0.05) is 59.9 Å². The number of thioether (sulfide) groups is 1. The molecule has 2 aromatic rings. The number of aryl methyl sites for hydroxylation is 1. The summed E-state index contributed by atoms with van der Waals surface area (Å²) >= 11 is 6.88. The van der Waals surface area contributed by atoms with Crippen molar-refractivity contribution in [2.45, 2.75) is 13.8 Å². The third kappa shape index (κ3) is 2.77. The molecule has 0 radical (unpaired) electrons. The van der Waals surface area contributed by atoms with Crippen molar-refractivity contribution in [2.75, 3.05) is 16.3 Å². The van der Waals surface area contributed by atoms with Crippen LogP contribution >= 0.6 is 24.0 Å². The molecule has 2 aliphatic rings. The van der Waals surface area contributed by atoms with Crippen LogP contribution in [0.5, 0.6) is 0 Å². The van der Waals surface area contributed by atoms with Gasteiger partial charge in [-0.3, -0.25) is 9.69 Å². The number of amides is 1. The molecular weight excluding hydrogens is 360 g/mol. The van der Waals surface area contributed by atoms with E-state index in [0.29, 0.717) is 9.23 Å². The van der Waals surface area contributed by atoms with Crippen LogP contribution in [0, 0.1) is 6.92 Å². The molecule has 2 heterocycles. The van der Waals surface area contributed by atoms with E-state index in [1.165, 1.54) is 22.9 Å². The number of allylic oxidation sites excluding steroid dienone is 1. The molecule has 0 aliphatic carbocycles. The summed E-state index contributed by atoms with van der Waals surface area (Å²) < 4.78 is 0.572. The minimum atomic E-state index is -0.0557. The number of carbonyl (C=O) groups is 1. The zero-order valence-corrected chi connectivity index (χ0v) is 16.2. The Hall–Kier alpha value is -2.37. The summed E-state index contributed by atoms with van der Waals surface area (Å²) in [5.74, 6) is -0.0557. The Kier molecular flexibility index (Phi) is 4.42. The van der Waals surface area contributed by atoms with E-state index in [9.17, 15) is 4.79 Å². The molecule has 2 aliphatic heterocycles. The molecular formula is C21H18N2OS2. The van der Waals surface area contributed by atoms with Crippen molar-refractivity contribution in [3.05, 3.63) is 76.3 Å². The third-order valence-electron chi connectivity index (χ3n) is 4.52. The quantitative estimate of drug-likeness (QED) is 0.534. The number of rotatable bonds is 2. The van der Waals surface area contributed by atoms with Gasteiger partial charge in [-0.25, -0.2) is 0 Å². The maximum atomic E-state index is 13.1. The summed E-state index contributed by atoms with van der Waals surface area (Å²) in [6.07, 6.45) is 4.11. The molecule has 0 bridgehead atoms. The Labute approximate surface area is 163 Å². The first-order chi connectivity index (χ1) is 12.6. The van der Waals surface area contributed by atoms with Gasteiger partial charge in [0, 0.05) is 12.2 Å². The van der Waals surface area contributed by atoms with Crippen molar-refractivity contribution in [1.82, 2.24) is 0 Å². The maximum absolute atomic E-state index is 13.1. The van der Waals surface area contributed by atoms with Crippen LogP contribution in [0.3, 0.4) is 0 Å². The lowest BCUT2D eigenvalue weighted by Gasteiger charge is -2.30. The van der Waals surface area contributed by atoms with Crippen molar-refractivity contribution >= 4 is 51.7 Å². The molecule has 3 nitrogen and oxygen atoms in total. The number of hydrogen-bond donors (Lipinski definition) is 0. The molecule has 5 heteroatoms. The third-order valence-corrected chi connectivity index (χ3v) is 5.90. The van der Waals surface area contributed by atoms with Crippen LogP contribution in [0.25, 0.3) is 6.08 Å². The van der Waals surface area contributed by atoms with Crippen LogP contribution in [0.15, 0.2) is 65.2 Å². The Morgan fingerprint density at radius 3 is 2.58 bits per heavy atom. The predicted molar refractivity (Wildman–Crippen MR) is 114 cm³/mol. The summed E-state index contributed by atoms with van der Waals surface area (Å²) in [4.78, 5) is 17.6. The molecule has 26 heavy (non-hydrogen) atoms. The minimum Gasteiger partial charge on any atom is -0.340 e. The van der Waals surface area contributed by atoms with Crippen molar-refractivity contribution < 1.29 is 4.79 Å². The monoisotopic (exact) mass is 378 g/mol. The van der Waals surface area contributed by atoms with Crippen LogP contribution < -0.4 is 9.80 Å². The number of benzene rings is 2. The van der Waals surface area contributed by atoms with Gasteiger partial charge in [-0.2, -0.15) is 0 Å². The SMILES string of the molecule is CCN1/C(=C2/SC(=S)N(c3ccccc3)C2=O)C=Cc2cc(C)ccc21. The predicted octanol–water partition coefficient (Wildman–Crippen LogP) is 5.12. The first-order valence-corrected chi connectivity index (χ1v) is 9.74. The number of para-hydroxylation sites is 1. The number of nitrogens with zero attached hydrogens (tertiary/aromatic N) is 2. The smallest absolute Gasteiger partial charge is 0.272 e. The summed E-state index contributed by atoms with van der Waals surface area (Å²) in [5.41, 5.74) is 5.25. The number of fused-ring (bicyclic) bond motifs is 1. The van der Waals surface area contributed by atoms with Gasteiger partial charge >= 0.3 is 0 Å². The Morgan fingerprint density at radius 2 is 1.85 bits per heavy atom. The van der Waals surface area contributed by atoms with Gasteiger partial charge in [-0.05, 0) is 49.8 Å². The summed E-state index contributed by atoms with van der Waals surface area (Å²) in [6, 6.07) is 16.0. The second-order valence-electron chi connectivity index (χ2n) is 6.20. The second-order valence-corrected chi connectivity index (χ2v) is 7.84. The first kappa shape index (κ1) is 17.1. The highest BCUT2D eigenvalue weighted by molar-refractivity contribution is 8.27. The lowest BCUT2D eigenvalue weighted by molar-refractivity contribution is -0.113. The van der Waals surface area contributed by atoms with Crippen molar-refractivity contribution in [1.29, 1.82) is 0 Å². The summed E-state index contributed by atoms with van der Waals surface area (Å²) in [5, 5.41) is 0. The molecule has 1 amide bonds. The van der Waals surface area contributed by atoms with Crippen molar-refractivity contribution in [3.8, 4) is 0 Å². The molecule has 1 saturated heterocycles. The highest BCUT2D eigenvalue weighted by atomic mass is 32.2. The standard InChI is InChI=1S/C21H18N2OS2/c1-3-22-17-11-9-14(2)13-15(17)10-12-18(22)19-20(24)23(21(25)26-19)16-7-5-4-6-8-16/h4-13H,3H2,1-2H3/b19-18+. The van der Waals surface area contributed by atoms with Crippen molar-refractivity contribution in [3.63, 3.8) is 0 Å². The molecule has 0 atom stereocenters. The maximum Gasteiger partial charge on any atom is 0.272 e. The molecule has 0 aromatic heterocycles. The lowest BCUT2D eigenvalue weighted by atomic mass is 10.0. The van der Waals surface area contributed by atoms with E-state index >= 15 is 0 Å². The van der Waals surface area contributed by atoms with E-state index in [1.807, 2.05) is 36.4 Å². The van der Waals surface area contributed by atoms with E-state index in [4.69, 9.17) is 12.2 Å². The number of anilines is 2. The molecule has 130 valence electrons. The molecule has 0 N–H and O–H groups in total. The van der Waals surface area contributed by atoms with Crippen LogP contribution in [0.4, 0.5) is 11.4 Å². The molecule has 0 unspecified atom stereocenters. The van der Waals surface area contributed by atoms with E-state index in [-0.39, 0.29) is 5.91 Å². The van der Waals surface area contributed by atoms with E-state index in [0.717, 1.165) is 23.6 Å². The number of carbonyl (C=O) groups excluding carboxylic acids is 1. The summed E-state index contributed by atoms with van der Waals surface area (Å²) in [6.45, 7) is 4.97. The van der Waals surface area contributed by atoms with Crippen molar-refractivity contribution in [2.24, 2.45) is 0 Å².